The lowest BCUT2D eigenvalue weighted by molar-refractivity contribution is 0.00578. The van der Waals surface area contributed by atoms with E-state index in [-0.39, 0.29) is 0 Å². The predicted molar refractivity (Wildman–Crippen MR) is 100 cm³/mol. The van der Waals surface area contributed by atoms with E-state index in [0.29, 0.717) is 5.69 Å². The highest BCUT2D eigenvalue weighted by molar-refractivity contribution is 6.63. The first kappa shape index (κ1) is 17.5. The summed E-state index contributed by atoms with van der Waals surface area (Å²) in [6.07, 6.45) is 0. The molecule has 2 aromatic rings. The molecule has 25 heavy (non-hydrogen) atoms. The van der Waals surface area contributed by atoms with Crippen LogP contribution in [-0.2, 0) is 9.31 Å². The number of rotatable bonds is 3. The van der Waals surface area contributed by atoms with Gasteiger partial charge in [-0.15, -0.1) is 0 Å². The molecule has 1 heterocycles. The van der Waals surface area contributed by atoms with Crippen molar-refractivity contribution in [2.45, 2.75) is 38.9 Å². The van der Waals surface area contributed by atoms with E-state index >= 15 is 0 Å². The second-order valence-corrected chi connectivity index (χ2v) is 7.20. The molecule has 128 valence electrons. The summed E-state index contributed by atoms with van der Waals surface area (Å²) in [5.74, 6) is 0.727. The molecule has 1 aliphatic rings. The quantitative estimate of drug-likeness (QED) is 0.622. The topological polar surface area (TPSA) is 32.0 Å². The van der Waals surface area contributed by atoms with Gasteiger partial charge in [0.15, 0.2) is 5.69 Å². The zero-order valence-electron chi connectivity index (χ0n) is 15.3. The van der Waals surface area contributed by atoms with Crippen molar-refractivity contribution in [3.8, 4) is 16.9 Å². The first-order chi connectivity index (χ1) is 11.8. The summed E-state index contributed by atoms with van der Waals surface area (Å²) in [5, 5.41) is 0. The number of benzene rings is 2. The molecule has 0 amide bonds. The third-order valence-corrected chi connectivity index (χ3v) is 5.07. The molecule has 1 saturated heterocycles. The van der Waals surface area contributed by atoms with Crippen molar-refractivity contribution in [3.63, 3.8) is 0 Å². The fourth-order valence-corrected chi connectivity index (χ4v) is 2.78. The Labute approximate surface area is 149 Å². The third kappa shape index (κ3) is 3.16. The van der Waals surface area contributed by atoms with E-state index in [4.69, 9.17) is 20.6 Å². The van der Waals surface area contributed by atoms with Crippen molar-refractivity contribution in [3.05, 3.63) is 53.9 Å². The minimum atomic E-state index is -0.460. The van der Waals surface area contributed by atoms with Crippen molar-refractivity contribution in [1.29, 1.82) is 0 Å². The van der Waals surface area contributed by atoms with Gasteiger partial charge in [0.05, 0.1) is 24.9 Å². The van der Waals surface area contributed by atoms with Gasteiger partial charge in [-0.3, -0.25) is 0 Å². The zero-order chi connectivity index (χ0) is 18.2. The van der Waals surface area contributed by atoms with E-state index in [1.807, 2.05) is 70.2 Å². The van der Waals surface area contributed by atoms with Gasteiger partial charge in [0.1, 0.15) is 5.75 Å². The molecule has 0 N–H and O–H groups in total. The third-order valence-electron chi connectivity index (χ3n) is 5.07. The molecule has 2 aromatic carbocycles. The highest BCUT2D eigenvalue weighted by Crippen LogP contribution is 2.37. The zero-order valence-corrected chi connectivity index (χ0v) is 15.3. The lowest BCUT2D eigenvalue weighted by atomic mass is 9.77. The van der Waals surface area contributed by atoms with Crippen LogP contribution in [0.2, 0.25) is 0 Å². The average molecular weight is 335 g/mol. The van der Waals surface area contributed by atoms with Crippen molar-refractivity contribution >= 4 is 18.3 Å². The van der Waals surface area contributed by atoms with E-state index in [0.717, 1.165) is 22.3 Å². The van der Waals surface area contributed by atoms with Gasteiger partial charge in [-0.25, -0.2) is 4.85 Å². The maximum absolute atomic E-state index is 7.05. The molecule has 0 atom stereocenters. The Morgan fingerprint density at radius 2 is 1.48 bits per heavy atom. The fourth-order valence-electron chi connectivity index (χ4n) is 2.78. The summed E-state index contributed by atoms with van der Waals surface area (Å²) in [6.45, 7) is 15.2. The molecule has 3 rings (SSSR count). The predicted octanol–water partition coefficient (Wildman–Crippen LogP) is 4.21. The van der Waals surface area contributed by atoms with E-state index in [9.17, 15) is 0 Å². The highest BCUT2D eigenvalue weighted by Gasteiger charge is 2.52. The SMILES string of the molecule is [C-]#[N+]c1ccc(-c2ccc(B3OC(C)(C)C(C)(C)O3)c(OC)c2)cc1. The van der Waals surface area contributed by atoms with Crippen LogP contribution >= 0.6 is 0 Å². The van der Waals surface area contributed by atoms with E-state index in [1.165, 1.54) is 0 Å². The number of hydrogen-bond acceptors (Lipinski definition) is 3. The number of hydrogen-bond donors (Lipinski definition) is 0. The van der Waals surface area contributed by atoms with Crippen molar-refractivity contribution in [1.82, 2.24) is 0 Å². The maximum atomic E-state index is 7.05. The molecule has 4 nitrogen and oxygen atoms in total. The molecular formula is C20H22BNO3. The van der Waals surface area contributed by atoms with Crippen LogP contribution in [0.5, 0.6) is 5.75 Å². The average Bonchev–Trinajstić information content (AvgIpc) is 2.82. The molecule has 0 aromatic heterocycles. The first-order valence-corrected chi connectivity index (χ1v) is 8.29. The van der Waals surface area contributed by atoms with Crippen LogP contribution in [0.4, 0.5) is 5.69 Å². The second kappa shape index (κ2) is 6.22. The Hall–Kier alpha value is -2.29. The van der Waals surface area contributed by atoms with Crippen LogP contribution in [0, 0.1) is 6.57 Å². The van der Waals surface area contributed by atoms with Crippen LogP contribution in [0.1, 0.15) is 27.7 Å². The van der Waals surface area contributed by atoms with Crippen molar-refractivity contribution in [2.24, 2.45) is 0 Å². The molecule has 0 unspecified atom stereocenters. The Morgan fingerprint density at radius 1 is 0.920 bits per heavy atom. The summed E-state index contributed by atoms with van der Waals surface area (Å²) in [5.41, 5.74) is 2.78. The molecule has 1 aliphatic heterocycles. The van der Waals surface area contributed by atoms with Crippen LogP contribution in [0.15, 0.2) is 42.5 Å². The highest BCUT2D eigenvalue weighted by atomic mass is 16.7. The van der Waals surface area contributed by atoms with Gasteiger partial charge in [-0.05, 0) is 44.9 Å². The minimum absolute atomic E-state index is 0.392. The van der Waals surface area contributed by atoms with E-state index < -0.39 is 18.3 Å². The second-order valence-electron chi connectivity index (χ2n) is 7.20. The van der Waals surface area contributed by atoms with Crippen LogP contribution < -0.4 is 10.2 Å². The summed E-state index contributed by atoms with van der Waals surface area (Å²) in [4.78, 5) is 3.42. The van der Waals surface area contributed by atoms with E-state index in [2.05, 4.69) is 4.85 Å². The molecule has 1 fully saturated rings. The number of methoxy groups -OCH3 is 1. The van der Waals surface area contributed by atoms with Gasteiger partial charge in [-0.1, -0.05) is 36.4 Å². The van der Waals surface area contributed by atoms with E-state index in [1.54, 1.807) is 7.11 Å². The summed E-state index contributed by atoms with van der Waals surface area (Å²) < 4.78 is 17.9. The Morgan fingerprint density at radius 3 is 2.00 bits per heavy atom. The lowest BCUT2D eigenvalue weighted by Gasteiger charge is -2.32. The normalized spacial score (nSPS) is 18.0. The molecule has 0 saturated carbocycles. The molecule has 0 bridgehead atoms. The molecule has 0 radical (unpaired) electrons. The monoisotopic (exact) mass is 335 g/mol. The molecular weight excluding hydrogens is 313 g/mol. The lowest BCUT2D eigenvalue weighted by Crippen LogP contribution is -2.41. The van der Waals surface area contributed by atoms with Gasteiger partial charge < -0.3 is 14.0 Å². The van der Waals surface area contributed by atoms with Gasteiger partial charge >= 0.3 is 7.12 Å². The van der Waals surface area contributed by atoms with Crippen molar-refractivity contribution < 1.29 is 14.0 Å². The van der Waals surface area contributed by atoms with Crippen LogP contribution in [-0.4, -0.2) is 25.4 Å². The van der Waals surface area contributed by atoms with Crippen LogP contribution in [0.25, 0.3) is 16.0 Å². The van der Waals surface area contributed by atoms with Gasteiger partial charge in [-0.2, -0.15) is 0 Å². The fraction of sp³-hybridized carbons (Fsp3) is 0.350. The largest absolute Gasteiger partial charge is 0.498 e. The van der Waals surface area contributed by atoms with Crippen molar-refractivity contribution in [2.75, 3.05) is 7.11 Å². The Balaban J connectivity index is 1.94. The number of ether oxygens (including phenoxy) is 1. The Kier molecular flexibility index (Phi) is 4.36. The summed E-state index contributed by atoms with van der Waals surface area (Å²) in [6, 6.07) is 13.5. The number of nitrogens with zero attached hydrogens (tertiary/aromatic N) is 1. The Bertz CT molecular complexity index is 806. The molecule has 0 spiro atoms. The van der Waals surface area contributed by atoms with Gasteiger partial charge in [0, 0.05) is 5.46 Å². The molecule has 0 aliphatic carbocycles. The first-order valence-electron chi connectivity index (χ1n) is 8.29. The maximum Gasteiger partial charge on any atom is 0.498 e. The molecule has 5 heteroatoms. The van der Waals surface area contributed by atoms with Gasteiger partial charge in [0.25, 0.3) is 0 Å². The van der Waals surface area contributed by atoms with Gasteiger partial charge in [0.2, 0.25) is 0 Å². The minimum Gasteiger partial charge on any atom is -0.497 e. The summed E-state index contributed by atoms with van der Waals surface area (Å²) in [7, 11) is 1.19. The summed E-state index contributed by atoms with van der Waals surface area (Å²) >= 11 is 0. The standard InChI is InChI=1S/C20H22BNO3/c1-19(2)20(3,4)25-21(24-19)17-12-9-15(13-18(17)23-6)14-7-10-16(22-5)11-8-14/h7-13H,1-4,6H3. The van der Waals surface area contributed by atoms with Crippen LogP contribution in [0.3, 0.4) is 0 Å². The smallest absolute Gasteiger partial charge is 0.497 e.